The Labute approximate surface area is 107 Å². The largest absolute Gasteiger partial charge is 0.392 e. The number of amides is 2. The summed E-state index contributed by atoms with van der Waals surface area (Å²) in [5.74, 6) is 0.827. The van der Waals surface area contributed by atoms with Gasteiger partial charge in [0, 0.05) is 38.9 Å². The van der Waals surface area contributed by atoms with Gasteiger partial charge in [-0.2, -0.15) is 0 Å². The number of aliphatic hydroxyl groups is 1. The lowest BCUT2D eigenvalue weighted by molar-refractivity contribution is 0.187. The Morgan fingerprint density at radius 1 is 1.50 bits per heavy atom. The van der Waals surface area contributed by atoms with Crippen LogP contribution in [0, 0.1) is 0 Å². The molecule has 0 aliphatic carbocycles. The summed E-state index contributed by atoms with van der Waals surface area (Å²) in [6.07, 6.45) is 1.17. The fourth-order valence-corrected chi connectivity index (χ4v) is 1.45. The molecule has 18 heavy (non-hydrogen) atoms. The molecular weight excluding hydrogens is 232 g/mol. The van der Waals surface area contributed by atoms with Crippen molar-refractivity contribution in [1.29, 1.82) is 0 Å². The first-order valence-electron chi connectivity index (χ1n) is 5.81. The number of pyridine rings is 1. The average molecular weight is 252 g/mol. The summed E-state index contributed by atoms with van der Waals surface area (Å²) in [5, 5.41) is 14.3. The number of hydrogen-bond donors (Lipinski definition) is 3. The van der Waals surface area contributed by atoms with E-state index in [1.165, 1.54) is 0 Å². The van der Waals surface area contributed by atoms with E-state index in [2.05, 4.69) is 15.6 Å². The number of rotatable bonds is 5. The van der Waals surface area contributed by atoms with Crippen LogP contribution in [0.1, 0.15) is 12.5 Å². The molecule has 1 aromatic heterocycles. The Hall–Kier alpha value is -1.82. The number of nitrogens with zero attached hydrogens (tertiary/aromatic N) is 2. The van der Waals surface area contributed by atoms with E-state index in [0.717, 1.165) is 11.4 Å². The highest BCUT2D eigenvalue weighted by Gasteiger charge is 2.07. The molecule has 1 atom stereocenters. The SMILES string of the molecule is CC(O)CNC(=O)NCc1cccnc1N(C)C. The lowest BCUT2D eigenvalue weighted by Gasteiger charge is -2.16. The van der Waals surface area contributed by atoms with Crippen LogP contribution >= 0.6 is 0 Å². The standard InChI is InChI=1S/C12H20N4O2/c1-9(17)7-14-12(18)15-8-10-5-4-6-13-11(10)16(2)3/h4-6,9,17H,7-8H2,1-3H3,(H2,14,15,18). The quantitative estimate of drug-likeness (QED) is 0.705. The molecule has 2 amide bonds. The zero-order valence-corrected chi connectivity index (χ0v) is 11.0. The van der Waals surface area contributed by atoms with Crippen LogP contribution in [0.15, 0.2) is 18.3 Å². The van der Waals surface area contributed by atoms with Gasteiger partial charge in [-0.25, -0.2) is 9.78 Å². The van der Waals surface area contributed by atoms with E-state index in [1.807, 2.05) is 31.1 Å². The molecule has 0 bridgehead atoms. The second kappa shape index (κ2) is 6.80. The van der Waals surface area contributed by atoms with Crippen LogP contribution in [0.2, 0.25) is 0 Å². The van der Waals surface area contributed by atoms with Gasteiger partial charge in [0.05, 0.1) is 6.10 Å². The number of anilines is 1. The van der Waals surface area contributed by atoms with E-state index >= 15 is 0 Å². The Morgan fingerprint density at radius 3 is 2.83 bits per heavy atom. The third-order valence-electron chi connectivity index (χ3n) is 2.29. The van der Waals surface area contributed by atoms with E-state index in [0.29, 0.717) is 6.54 Å². The maximum atomic E-state index is 11.4. The Morgan fingerprint density at radius 2 is 2.22 bits per heavy atom. The molecule has 1 aromatic rings. The summed E-state index contributed by atoms with van der Waals surface area (Å²) < 4.78 is 0. The lowest BCUT2D eigenvalue weighted by atomic mass is 10.2. The first-order valence-corrected chi connectivity index (χ1v) is 5.81. The van der Waals surface area contributed by atoms with Gasteiger partial charge in [-0.3, -0.25) is 0 Å². The number of hydrogen-bond acceptors (Lipinski definition) is 4. The third-order valence-corrected chi connectivity index (χ3v) is 2.29. The maximum absolute atomic E-state index is 11.4. The van der Waals surface area contributed by atoms with Gasteiger partial charge in [0.25, 0.3) is 0 Å². The van der Waals surface area contributed by atoms with Gasteiger partial charge >= 0.3 is 6.03 Å². The number of urea groups is 1. The molecule has 6 heteroatoms. The van der Waals surface area contributed by atoms with Crippen molar-refractivity contribution in [2.45, 2.75) is 19.6 Å². The van der Waals surface area contributed by atoms with Crippen molar-refractivity contribution in [3.63, 3.8) is 0 Å². The van der Waals surface area contributed by atoms with E-state index in [4.69, 9.17) is 5.11 Å². The zero-order valence-electron chi connectivity index (χ0n) is 11.0. The third kappa shape index (κ3) is 4.58. The summed E-state index contributed by atoms with van der Waals surface area (Å²) in [5.41, 5.74) is 0.940. The molecular formula is C12H20N4O2. The summed E-state index contributed by atoms with van der Waals surface area (Å²) in [6.45, 7) is 2.25. The minimum absolute atomic E-state index is 0.236. The van der Waals surface area contributed by atoms with E-state index in [1.54, 1.807) is 13.1 Å². The van der Waals surface area contributed by atoms with Crippen LogP contribution < -0.4 is 15.5 Å². The van der Waals surface area contributed by atoms with Gasteiger partial charge in [0.1, 0.15) is 5.82 Å². The normalized spacial score (nSPS) is 11.8. The van der Waals surface area contributed by atoms with E-state index in [9.17, 15) is 4.79 Å². The first kappa shape index (κ1) is 14.2. The molecule has 1 rings (SSSR count). The van der Waals surface area contributed by atoms with Crippen LogP contribution in [-0.4, -0.2) is 42.9 Å². The summed E-state index contributed by atoms with van der Waals surface area (Å²) >= 11 is 0. The molecule has 1 heterocycles. The molecule has 0 aliphatic heterocycles. The molecule has 0 aliphatic rings. The smallest absolute Gasteiger partial charge is 0.315 e. The maximum Gasteiger partial charge on any atom is 0.315 e. The highest BCUT2D eigenvalue weighted by Crippen LogP contribution is 2.13. The fraction of sp³-hybridized carbons (Fsp3) is 0.500. The number of carbonyl (C=O) groups excluding carboxylic acids is 1. The number of aromatic nitrogens is 1. The highest BCUT2D eigenvalue weighted by molar-refractivity contribution is 5.74. The highest BCUT2D eigenvalue weighted by atomic mass is 16.3. The lowest BCUT2D eigenvalue weighted by Crippen LogP contribution is -2.38. The van der Waals surface area contributed by atoms with E-state index < -0.39 is 6.10 Å². The average Bonchev–Trinajstić information content (AvgIpc) is 2.34. The number of aliphatic hydroxyl groups excluding tert-OH is 1. The summed E-state index contributed by atoms with van der Waals surface area (Å²) in [7, 11) is 3.80. The molecule has 0 spiro atoms. The first-order chi connectivity index (χ1) is 8.50. The topological polar surface area (TPSA) is 77.5 Å². The van der Waals surface area contributed by atoms with Crippen LogP contribution in [0.4, 0.5) is 10.6 Å². The van der Waals surface area contributed by atoms with Crippen molar-refractivity contribution in [3.05, 3.63) is 23.9 Å². The molecule has 0 radical (unpaired) electrons. The van der Waals surface area contributed by atoms with Crippen LogP contribution in [0.25, 0.3) is 0 Å². The minimum atomic E-state index is -0.550. The van der Waals surface area contributed by atoms with Crippen molar-refractivity contribution in [3.8, 4) is 0 Å². The van der Waals surface area contributed by atoms with Crippen molar-refractivity contribution >= 4 is 11.8 Å². The molecule has 1 unspecified atom stereocenters. The van der Waals surface area contributed by atoms with Gasteiger partial charge in [0.2, 0.25) is 0 Å². The molecule has 0 saturated carbocycles. The molecule has 0 fully saturated rings. The van der Waals surface area contributed by atoms with E-state index in [-0.39, 0.29) is 12.6 Å². The monoisotopic (exact) mass is 252 g/mol. The molecule has 0 aromatic carbocycles. The number of nitrogens with one attached hydrogen (secondary N) is 2. The Kier molecular flexibility index (Phi) is 5.38. The molecule has 0 saturated heterocycles. The van der Waals surface area contributed by atoms with Crippen molar-refractivity contribution in [2.75, 3.05) is 25.5 Å². The predicted molar refractivity (Wildman–Crippen MR) is 70.5 cm³/mol. The van der Waals surface area contributed by atoms with Gasteiger partial charge in [0.15, 0.2) is 0 Å². The molecule has 3 N–H and O–H groups in total. The van der Waals surface area contributed by atoms with Gasteiger partial charge in [-0.1, -0.05) is 6.07 Å². The zero-order chi connectivity index (χ0) is 13.5. The van der Waals surface area contributed by atoms with Crippen molar-refractivity contribution < 1.29 is 9.90 Å². The fourth-order valence-electron chi connectivity index (χ4n) is 1.45. The van der Waals surface area contributed by atoms with Crippen LogP contribution in [-0.2, 0) is 6.54 Å². The summed E-state index contributed by atoms with van der Waals surface area (Å²) in [6, 6.07) is 3.44. The molecule has 100 valence electrons. The van der Waals surface area contributed by atoms with Crippen molar-refractivity contribution in [1.82, 2.24) is 15.6 Å². The van der Waals surface area contributed by atoms with Gasteiger partial charge < -0.3 is 20.6 Å². The van der Waals surface area contributed by atoms with Crippen molar-refractivity contribution in [2.24, 2.45) is 0 Å². The summed E-state index contributed by atoms with van der Waals surface area (Å²) in [4.78, 5) is 17.6. The molecule has 6 nitrogen and oxygen atoms in total. The second-order valence-corrected chi connectivity index (χ2v) is 4.29. The van der Waals surface area contributed by atoms with Gasteiger partial charge in [-0.15, -0.1) is 0 Å². The van der Waals surface area contributed by atoms with Gasteiger partial charge in [-0.05, 0) is 13.0 Å². The Balaban J connectivity index is 2.50. The predicted octanol–water partition coefficient (Wildman–Crippen LogP) is 0.328. The Bertz CT molecular complexity index is 393. The van der Waals surface area contributed by atoms with Crippen LogP contribution in [0.5, 0.6) is 0 Å². The minimum Gasteiger partial charge on any atom is -0.392 e. The second-order valence-electron chi connectivity index (χ2n) is 4.29. The number of carbonyl (C=O) groups is 1. The van der Waals surface area contributed by atoms with Crippen LogP contribution in [0.3, 0.4) is 0 Å².